The van der Waals surface area contributed by atoms with Crippen molar-refractivity contribution < 1.29 is 26.4 Å². The molecule has 0 aromatic heterocycles. The third kappa shape index (κ3) is 11.5. The molecule has 0 unspecified atom stereocenters. The number of carbonyl (C=O) groups excluding carboxylic acids is 1. The molecule has 3 N–H and O–H groups in total. The van der Waals surface area contributed by atoms with Crippen LogP contribution in [0.5, 0.6) is 0 Å². The summed E-state index contributed by atoms with van der Waals surface area (Å²) in [6.07, 6.45) is 0. The Kier molecular flexibility index (Phi) is 10.2. The van der Waals surface area contributed by atoms with E-state index in [9.17, 15) is 4.79 Å². The fourth-order valence-corrected chi connectivity index (χ4v) is 0.212. The maximum Gasteiger partial charge on any atom is 0.321 e. The molecule has 4 nitrogen and oxygen atoms in total. The van der Waals surface area contributed by atoms with Crippen molar-refractivity contribution in [2.45, 2.75) is 6.92 Å². The van der Waals surface area contributed by atoms with Crippen LogP contribution in [0.25, 0.3) is 0 Å². The van der Waals surface area contributed by atoms with Crippen LogP contribution in [0.2, 0.25) is 0 Å². The van der Waals surface area contributed by atoms with Crippen molar-refractivity contribution in [1.29, 1.82) is 0 Å². The van der Waals surface area contributed by atoms with E-state index in [4.69, 9.17) is 5.73 Å². The van der Waals surface area contributed by atoms with Crippen molar-refractivity contribution in [3.8, 4) is 0 Å². The quantitative estimate of drug-likeness (QED) is 0.429. The van der Waals surface area contributed by atoms with Gasteiger partial charge in [-0.05, 0) is 0 Å². The molecule has 0 saturated heterocycles. The summed E-state index contributed by atoms with van der Waals surface area (Å²) in [6.45, 7) is 2.29. The normalized spacial score (nSPS) is 7.78. The fraction of sp³-hybridized carbons (Fsp3) is 0.750. The zero-order chi connectivity index (χ0) is 6.41. The molecule has 0 heterocycles. The van der Waals surface area contributed by atoms with Crippen molar-refractivity contribution in [3.63, 3.8) is 0 Å². The number of carbonyl (C=O) groups is 1. The number of hydrogen-bond acceptors (Lipinski definition) is 4. The van der Waals surface area contributed by atoms with Crippen molar-refractivity contribution in [1.82, 2.24) is 5.48 Å². The summed E-state index contributed by atoms with van der Waals surface area (Å²) in [5.74, 6) is -0.349. The molecule has 0 spiro atoms. The van der Waals surface area contributed by atoms with Crippen molar-refractivity contribution in [2.24, 2.45) is 5.73 Å². The Morgan fingerprint density at radius 1 is 1.78 bits per heavy atom. The van der Waals surface area contributed by atoms with Crippen LogP contribution in [0.15, 0.2) is 0 Å². The first-order valence-electron chi connectivity index (χ1n) is 2.37. The smallest absolute Gasteiger partial charge is 0.321 e. The molecule has 0 saturated carbocycles. The maximum absolute atomic E-state index is 9.99. The first-order chi connectivity index (χ1) is 3.77. The van der Waals surface area contributed by atoms with Crippen molar-refractivity contribution in [3.05, 3.63) is 0 Å². The van der Waals surface area contributed by atoms with Crippen molar-refractivity contribution in [2.75, 3.05) is 13.1 Å². The van der Waals surface area contributed by atoms with Gasteiger partial charge in [-0.1, -0.05) is 0 Å². The van der Waals surface area contributed by atoms with E-state index >= 15 is 0 Å². The standard InChI is InChI=1S/C4H10N2O2.Co/c1-4(7)8-6-3-2-5;/h6H,2-3,5H2,1H3;. The summed E-state index contributed by atoms with van der Waals surface area (Å²) < 4.78 is 0. The van der Waals surface area contributed by atoms with Gasteiger partial charge in [0.1, 0.15) is 0 Å². The first kappa shape index (κ1) is 11.7. The van der Waals surface area contributed by atoms with E-state index in [1.165, 1.54) is 6.92 Å². The number of rotatable bonds is 3. The van der Waals surface area contributed by atoms with Crippen LogP contribution >= 0.6 is 0 Å². The summed E-state index contributed by atoms with van der Waals surface area (Å²) in [5.41, 5.74) is 7.42. The summed E-state index contributed by atoms with van der Waals surface area (Å²) in [7, 11) is 0. The summed E-state index contributed by atoms with van der Waals surface area (Å²) >= 11 is 0. The van der Waals surface area contributed by atoms with Crippen molar-refractivity contribution >= 4 is 5.97 Å². The molecule has 0 fully saturated rings. The van der Waals surface area contributed by atoms with Gasteiger partial charge in [-0.15, -0.1) is 0 Å². The summed E-state index contributed by atoms with van der Waals surface area (Å²) in [5, 5.41) is 0. The molecule has 1 radical (unpaired) electrons. The molecule has 0 aromatic rings. The monoisotopic (exact) mass is 177 g/mol. The number of hydrogen-bond donors (Lipinski definition) is 2. The zero-order valence-electron chi connectivity index (χ0n) is 5.14. The third-order valence-corrected chi connectivity index (χ3v) is 0.462. The third-order valence-electron chi connectivity index (χ3n) is 0.462. The summed E-state index contributed by atoms with van der Waals surface area (Å²) in [6, 6.07) is 0. The number of hydroxylamine groups is 1. The Bertz CT molecular complexity index is 79.0. The van der Waals surface area contributed by atoms with Gasteiger partial charge >= 0.3 is 5.97 Å². The van der Waals surface area contributed by atoms with E-state index in [0.29, 0.717) is 13.1 Å². The topological polar surface area (TPSA) is 64.3 Å². The van der Waals surface area contributed by atoms with Gasteiger partial charge in [-0.3, -0.25) is 4.79 Å². The van der Waals surface area contributed by atoms with Gasteiger partial charge in [0.05, 0.1) is 0 Å². The Morgan fingerprint density at radius 2 is 2.33 bits per heavy atom. The predicted octanol–water partition coefficient (Wildman–Crippen LogP) is -0.990. The minimum Gasteiger partial charge on any atom is -0.371 e. The zero-order valence-corrected chi connectivity index (χ0v) is 6.18. The Balaban J connectivity index is 0. The second-order valence-corrected chi connectivity index (χ2v) is 1.28. The molecule has 9 heavy (non-hydrogen) atoms. The van der Waals surface area contributed by atoms with E-state index in [0.717, 1.165) is 0 Å². The average molecular weight is 177 g/mol. The van der Waals surface area contributed by atoms with Gasteiger partial charge in [0.2, 0.25) is 0 Å². The van der Waals surface area contributed by atoms with E-state index in [-0.39, 0.29) is 22.7 Å². The molecule has 0 aromatic carbocycles. The molecule has 0 aliphatic carbocycles. The van der Waals surface area contributed by atoms with E-state index < -0.39 is 0 Å². The molecule has 0 aliphatic rings. The van der Waals surface area contributed by atoms with Gasteiger partial charge in [-0.2, -0.15) is 5.48 Å². The predicted molar refractivity (Wildman–Crippen MR) is 28.8 cm³/mol. The van der Waals surface area contributed by atoms with Crippen LogP contribution in [0.3, 0.4) is 0 Å². The SMILES string of the molecule is CC(=O)ONCCN.[Co]. The van der Waals surface area contributed by atoms with E-state index in [2.05, 4.69) is 10.3 Å². The van der Waals surface area contributed by atoms with Gasteiger partial charge < -0.3 is 10.6 Å². The molecule has 0 rings (SSSR count). The minimum absolute atomic E-state index is 0. The molecular weight excluding hydrogens is 167 g/mol. The fourth-order valence-electron chi connectivity index (χ4n) is 0.212. The molecule has 5 heteroatoms. The molecule has 0 amide bonds. The molecule has 57 valence electrons. The molecule has 0 aliphatic heterocycles. The minimum atomic E-state index is -0.349. The van der Waals surface area contributed by atoms with E-state index in [1.807, 2.05) is 0 Å². The van der Waals surface area contributed by atoms with Crippen LogP contribution in [-0.2, 0) is 26.4 Å². The molecular formula is C4H10CoN2O2. The van der Waals surface area contributed by atoms with Crippen LogP contribution in [-0.4, -0.2) is 19.1 Å². The maximum atomic E-state index is 9.99. The van der Waals surface area contributed by atoms with Gasteiger partial charge in [-0.25, -0.2) is 0 Å². The Labute approximate surface area is 64.3 Å². The van der Waals surface area contributed by atoms with Crippen LogP contribution in [0.1, 0.15) is 6.92 Å². The van der Waals surface area contributed by atoms with Gasteiger partial charge in [0, 0.05) is 36.8 Å². The van der Waals surface area contributed by atoms with Crippen LogP contribution in [0.4, 0.5) is 0 Å². The van der Waals surface area contributed by atoms with Gasteiger partial charge in [0.25, 0.3) is 0 Å². The van der Waals surface area contributed by atoms with Crippen LogP contribution < -0.4 is 11.2 Å². The average Bonchev–Trinajstić information content (AvgIpc) is 1.66. The number of nitrogens with two attached hydrogens (primary N) is 1. The number of nitrogens with one attached hydrogen (secondary N) is 1. The largest absolute Gasteiger partial charge is 0.371 e. The Morgan fingerprint density at radius 3 is 2.67 bits per heavy atom. The van der Waals surface area contributed by atoms with E-state index in [1.54, 1.807) is 0 Å². The first-order valence-corrected chi connectivity index (χ1v) is 2.37. The Hall–Kier alpha value is -0.104. The second kappa shape index (κ2) is 7.90. The summed E-state index contributed by atoms with van der Waals surface area (Å²) in [4.78, 5) is 14.3. The van der Waals surface area contributed by atoms with Crippen LogP contribution in [0, 0.1) is 0 Å². The molecule has 0 bridgehead atoms. The second-order valence-electron chi connectivity index (χ2n) is 1.28. The van der Waals surface area contributed by atoms with Gasteiger partial charge in [0.15, 0.2) is 0 Å². The molecule has 0 atom stereocenters.